The van der Waals surface area contributed by atoms with Gasteiger partial charge in [0.2, 0.25) is 5.95 Å². The van der Waals surface area contributed by atoms with Gasteiger partial charge in [-0.15, -0.1) is 0 Å². The van der Waals surface area contributed by atoms with Crippen LogP contribution in [0.5, 0.6) is 0 Å². The summed E-state index contributed by atoms with van der Waals surface area (Å²) in [6.07, 6.45) is 1.74. The molecule has 0 unspecified atom stereocenters. The highest BCUT2D eigenvalue weighted by Gasteiger charge is 2.20. The van der Waals surface area contributed by atoms with Crippen LogP contribution in [0.15, 0.2) is 6.20 Å². The van der Waals surface area contributed by atoms with Gasteiger partial charge in [0.25, 0.3) is 0 Å². The molecule has 0 aromatic carbocycles. The molecule has 1 saturated heterocycles. The summed E-state index contributed by atoms with van der Waals surface area (Å²) < 4.78 is 11.4. The second-order valence-corrected chi connectivity index (χ2v) is 6.06. The third-order valence-corrected chi connectivity index (χ3v) is 4.38. The van der Waals surface area contributed by atoms with Crippen molar-refractivity contribution in [3.63, 3.8) is 0 Å². The largest absolute Gasteiger partial charge is 0.354 e. The molecule has 3 rings (SSSR count). The van der Waals surface area contributed by atoms with Gasteiger partial charge in [0.05, 0.1) is 11.6 Å². The van der Waals surface area contributed by atoms with Gasteiger partial charge in [-0.25, -0.2) is 0 Å². The van der Waals surface area contributed by atoms with Crippen molar-refractivity contribution in [3.05, 3.63) is 6.20 Å². The quantitative estimate of drug-likeness (QED) is 0.844. The zero-order valence-electron chi connectivity index (χ0n) is 10.7. The smallest absolute Gasteiger partial charge is 0.226 e. The molecular weight excluding hydrogens is 264 g/mol. The Kier molecular flexibility index (Phi) is 3.33. The SMILES string of the molecule is CCNc1nc(N2CCS(=O)CC2)c2cn[nH]c2n1. The Morgan fingerprint density at radius 1 is 1.42 bits per heavy atom. The molecule has 2 aromatic heterocycles. The highest BCUT2D eigenvalue weighted by molar-refractivity contribution is 7.85. The van der Waals surface area contributed by atoms with E-state index in [1.165, 1.54) is 0 Å². The van der Waals surface area contributed by atoms with E-state index in [2.05, 4.69) is 30.4 Å². The van der Waals surface area contributed by atoms with E-state index in [0.717, 1.165) is 36.5 Å². The lowest BCUT2D eigenvalue weighted by Crippen LogP contribution is -2.38. The van der Waals surface area contributed by atoms with Crippen LogP contribution in [-0.2, 0) is 10.8 Å². The number of nitrogens with one attached hydrogen (secondary N) is 2. The minimum Gasteiger partial charge on any atom is -0.354 e. The predicted molar refractivity (Wildman–Crippen MR) is 75.9 cm³/mol. The molecule has 0 radical (unpaired) electrons. The van der Waals surface area contributed by atoms with E-state index in [1.54, 1.807) is 6.20 Å². The normalized spacial score (nSPS) is 17.0. The number of fused-ring (bicyclic) bond motifs is 1. The Bertz CT molecular complexity index is 602. The van der Waals surface area contributed by atoms with Gasteiger partial charge >= 0.3 is 0 Å². The van der Waals surface area contributed by atoms with Crippen LogP contribution in [0.3, 0.4) is 0 Å². The summed E-state index contributed by atoms with van der Waals surface area (Å²) in [6, 6.07) is 0. The molecule has 0 amide bonds. The fourth-order valence-electron chi connectivity index (χ4n) is 2.15. The predicted octanol–water partition coefficient (Wildman–Crippen LogP) is 0.353. The first-order chi connectivity index (χ1) is 9.28. The number of nitrogens with zero attached hydrogens (tertiary/aromatic N) is 4. The number of rotatable bonds is 3. The Morgan fingerprint density at radius 3 is 2.95 bits per heavy atom. The van der Waals surface area contributed by atoms with E-state index in [9.17, 15) is 4.21 Å². The van der Waals surface area contributed by atoms with Crippen molar-refractivity contribution in [2.75, 3.05) is 41.4 Å². The van der Waals surface area contributed by atoms with Crippen molar-refractivity contribution in [2.24, 2.45) is 0 Å². The first-order valence-corrected chi connectivity index (χ1v) is 7.81. The molecule has 3 heterocycles. The van der Waals surface area contributed by atoms with Crippen LogP contribution in [0.2, 0.25) is 0 Å². The maximum Gasteiger partial charge on any atom is 0.226 e. The lowest BCUT2D eigenvalue weighted by molar-refractivity contribution is 0.672. The molecule has 0 atom stereocenters. The van der Waals surface area contributed by atoms with E-state index < -0.39 is 10.8 Å². The van der Waals surface area contributed by atoms with Crippen LogP contribution in [0, 0.1) is 0 Å². The molecule has 1 aliphatic rings. The van der Waals surface area contributed by atoms with Gasteiger partial charge in [0.15, 0.2) is 5.65 Å². The van der Waals surface area contributed by atoms with Crippen LogP contribution >= 0.6 is 0 Å². The summed E-state index contributed by atoms with van der Waals surface area (Å²) >= 11 is 0. The summed E-state index contributed by atoms with van der Waals surface area (Å²) in [7, 11) is -0.692. The van der Waals surface area contributed by atoms with E-state index in [0.29, 0.717) is 17.5 Å². The lowest BCUT2D eigenvalue weighted by atomic mass is 10.3. The molecule has 7 nitrogen and oxygen atoms in total. The van der Waals surface area contributed by atoms with Gasteiger partial charge < -0.3 is 10.2 Å². The number of hydrogen-bond donors (Lipinski definition) is 2. The van der Waals surface area contributed by atoms with Crippen LogP contribution in [-0.4, -0.2) is 55.5 Å². The number of H-pyrrole nitrogens is 1. The van der Waals surface area contributed by atoms with E-state index in [-0.39, 0.29) is 0 Å². The fourth-order valence-corrected chi connectivity index (χ4v) is 3.20. The second kappa shape index (κ2) is 5.12. The number of hydrogen-bond acceptors (Lipinski definition) is 6. The van der Waals surface area contributed by atoms with Gasteiger partial charge in [-0.2, -0.15) is 15.1 Å². The monoisotopic (exact) mass is 280 g/mol. The second-order valence-electron chi connectivity index (χ2n) is 4.37. The molecule has 2 aromatic rings. The average molecular weight is 280 g/mol. The first kappa shape index (κ1) is 12.3. The van der Waals surface area contributed by atoms with Crippen molar-refractivity contribution >= 4 is 33.6 Å². The highest BCUT2D eigenvalue weighted by Crippen LogP contribution is 2.24. The topological polar surface area (TPSA) is 86.8 Å². The lowest BCUT2D eigenvalue weighted by Gasteiger charge is -2.27. The van der Waals surface area contributed by atoms with Crippen molar-refractivity contribution in [3.8, 4) is 0 Å². The summed E-state index contributed by atoms with van der Waals surface area (Å²) in [5.74, 6) is 2.85. The number of aromatic amines is 1. The molecule has 2 N–H and O–H groups in total. The molecule has 0 bridgehead atoms. The highest BCUT2D eigenvalue weighted by atomic mass is 32.2. The standard InChI is InChI=1S/C11H16N6OS/c1-2-12-11-14-9-8(7-13-16-9)10(15-11)17-3-5-19(18)6-4-17/h7H,2-6H2,1H3,(H2,12,13,14,15,16). The van der Waals surface area contributed by atoms with E-state index in [1.807, 2.05) is 6.92 Å². The zero-order chi connectivity index (χ0) is 13.2. The zero-order valence-corrected chi connectivity index (χ0v) is 11.5. The Labute approximate surface area is 113 Å². The van der Waals surface area contributed by atoms with Crippen LogP contribution in [0.1, 0.15) is 6.92 Å². The number of anilines is 2. The van der Waals surface area contributed by atoms with Gasteiger partial charge in [-0.3, -0.25) is 9.31 Å². The molecule has 8 heteroatoms. The molecule has 0 saturated carbocycles. The van der Waals surface area contributed by atoms with Crippen LogP contribution in [0.4, 0.5) is 11.8 Å². The molecule has 1 fully saturated rings. The summed E-state index contributed by atoms with van der Waals surface area (Å²) in [4.78, 5) is 11.1. The average Bonchev–Trinajstić information content (AvgIpc) is 2.87. The minimum absolute atomic E-state index is 0.598. The molecule has 0 aliphatic carbocycles. The third kappa shape index (κ3) is 2.40. The first-order valence-electron chi connectivity index (χ1n) is 6.33. The number of aromatic nitrogens is 4. The maximum atomic E-state index is 11.4. The van der Waals surface area contributed by atoms with Crippen molar-refractivity contribution in [1.29, 1.82) is 0 Å². The summed E-state index contributed by atoms with van der Waals surface area (Å²) in [5.41, 5.74) is 0.729. The van der Waals surface area contributed by atoms with Crippen LogP contribution in [0.25, 0.3) is 11.0 Å². The maximum absolute atomic E-state index is 11.4. The van der Waals surface area contributed by atoms with Crippen LogP contribution < -0.4 is 10.2 Å². The van der Waals surface area contributed by atoms with Gasteiger partial charge in [-0.05, 0) is 6.92 Å². The Hall–Kier alpha value is -1.70. The van der Waals surface area contributed by atoms with Gasteiger partial charge in [0.1, 0.15) is 5.82 Å². The van der Waals surface area contributed by atoms with E-state index in [4.69, 9.17) is 0 Å². The van der Waals surface area contributed by atoms with Crippen molar-refractivity contribution < 1.29 is 4.21 Å². The van der Waals surface area contributed by atoms with Gasteiger partial charge in [-0.1, -0.05) is 0 Å². The van der Waals surface area contributed by atoms with Crippen molar-refractivity contribution in [1.82, 2.24) is 20.2 Å². The fraction of sp³-hybridized carbons (Fsp3) is 0.545. The molecule has 0 spiro atoms. The third-order valence-electron chi connectivity index (χ3n) is 3.10. The van der Waals surface area contributed by atoms with E-state index >= 15 is 0 Å². The molecular formula is C11H16N6OS. The summed E-state index contributed by atoms with van der Waals surface area (Å²) in [6.45, 7) is 4.29. The van der Waals surface area contributed by atoms with Gasteiger partial charge in [0, 0.05) is 41.9 Å². The Balaban J connectivity index is 2.00. The van der Waals surface area contributed by atoms with Crippen molar-refractivity contribution in [2.45, 2.75) is 6.92 Å². The Morgan fingerprint density at radius 2 is 2.21 bits per heavy atom. The molecule has 1 aliphatic heterocycles. The minimum atomic E-state index is -0.692. The molecule has 19 heavy (non-hydrogen) atoms. The molecule has 102 valence electrons. The summed E-state index contributed by atoms with van der Waals surface area (Å²) in [5, 5.41) is 10.9.